The molecule has 160 valence electrons. The van der Waals surface area contributed by atoms with Gasteiger partial charge in [-0.2, -0.15) is 5.10 Å². The molecule has 0 fully saturated rings. The van der Waals surface area contributed by atoms with Crippen molar-refractivity contribution in [3.63, 3.8) is 0 Å². The van der Waals surface area contributed by atoms with Crippen LogP contribution in [0.25, 0.3) is 0 Å². The van der Waals surface area contributed by atoms with Crippen LogP contribution in [0.4, 0.5) is 5.69 Å². The molecule has 1 aliphatic rings. The van der Waals surface area contributed by atoms with Gasteiger partial charge in [0.15, 0.2) is 11.5 Å². The molecule has 3 aromatic carbocycles. The number of phenolic OH excluding ortho intramolecular Hbond substituents is 2. The number of aromatic hydroxyl groups is 2. The predicted molar refractivity (Wildman–Crippen MR) is 117 cm³/mol. The Hall–Kier alpha value is -3.56. The van der Waals surface area contributed by atoms with Crippen molar-refractivity contribution in [1.82, 2.24) is 0 Å². The highest BCUT2D eigenvalue weighted by atomic mass is 32.2. The van der Waals surface area contributed by atoms with Crippen LogP contribution < -0.4 is 14.9 Å². The molecule has 0 amide bonds. The zero-order valence-electron chi connectivity index (χ0n) is 16.6. The molecule has 0 saturated carbocycles. The van der Waals surface area contributed by atoms with Gasteiger partial charge in [-0.3, -0.25) is 5.01 Å². The van der Waals surface area contributed by atoms with Gasteiger partial charge in [-0.15, -0.1) is 0 Å². The first-order chi connectivity index (χ1) is 14.8. The van der Waals surface area contributed by atoms with Crippen molar-refractivity contribution in [1.29, 1.82) is 0 Å². The van der Waals surface area contributed by atoms with Crippen LogP contribution in [0, 0.1) is 0 Å². The van der Waals surface area contributed by atoms with Gasteiger partial charge < -0.3 is 14.9 Å². The number of rotatable bonds is 5. The van der Waals surface area contributed by atoms with Crippen LogP contribution in [0.1, 0.15) is 23.6 Å². The van der Waals surface area contributed by atoms with Gasteiger partial charge in [0.25, 0.3) is 0 Å². The fraction of sp³-hybridized carbons (Fsp3) is 0.136. The zero-order chi connectivity index (χ0) is 22.2. The molecule has 0 radical (unpaired) electrons. The number of hydrogen-bond acceptors (Lipinski definition) is 7. The molecule has 0 bridgehead atoms. The molecule has 4 rings (SSSR count). The van der Waals surface area contributed by atoms with E-state index in [1.54, 1.807) is 59.6 Å². The summed E-state index contributed by atoms with van der Waals surface area (Å²) in [5.41, 5.74) is 3.20. The topological polar surface area (TPSA) is 125 Å². The average molecular weight is 439 g/mol. The Morgan fingerprint density at radius 2 is 1.71 bits per heavy atom. The van der Waals surface area contributed by atoms with E-state index in [0.717, 1.165) is 16.8 Å². The van der Waals surface area contributed by atoms with Crippen LogP contribution in [0.3, 0.4) is 0 Å². The molecule has 1 unspecified atom stereocenters. The second-order valence-electron chi connectivity index (χ2n) is 7.13. The van der Waals surface area contributed by atoms with Crippen LogP contribution in [-0.4, -0.2) is 31.5 Å². The Morgan fingerprint density at radius 3 is 2.32 bits per heavy atom. The fourth-order valence-corrected chi connectivity index (χ4v) is 4.04. The third kappa shape index (κ3) is 4.18. The maximum Gasteiger partial charge on any atom is 0.238 e. The van der Waals surface area contributed by atoms with Crippen molar-refractivity contribution in [2.24, 2.45) is 10.2 Å². The minimum Gasteiger partial charge on any atom is -0.508 e. The largest absolute Gasteiger partial charge is 0.508 e. The van der Waals surface area contributed by atoms with Crippen molar-refractivity contribution >= 4 is 21.4 Å². The van der Waals surface area contributed by atoms with E-state index in [-0.39, 0.29) is 22.4 Å². The molecule has 0 spiro atoms. The van der Waals surface area contributed by atoms with E-state index in [4.69, 9.17) is 15.0 Å². The van der Waals surface area contributed by atoms with E-state index in [2.05, 4.69) is 0 Å². The number of hydrogen-bond donors (Lipinski definition) is 3. The van der Waals surface area contributed by atoms with Crippen molar-refractivity contribution in [3.8, 4) is 17.2 Å². The Bertz CT molecular complexity index is 1240. The molecule has 31 heavy (non-hydrogen) atoms. The molecule has 9 heteroatoms. The SMILES string of the molecule is COc1cc(C2CC(c3ccc(O)cc3)=NN2c2ccc(S(N)(=O)=O)cc2)ccc1O. The lowest BCUT2D eigenvalue weighted by Crippen LogP contribution is -2.19. The number of nitrogens with zero attached hydrogens (tertiary/aromatic N) is 2. The highest BCUT2D eigenvalue weighted by Gasteiger charge is 2.30. The normalized spacial score (nSPS) is 16.3. The van der Waals surface area contributed by atoms with Crippen LogP contribution in [0.2, 0.25) is 0 Å². The third-order valence-electron chi connectivity index (χ3n) is 5.13. The molecule has 0 aliphatic carbocycles. The second-order valence-corrected chi connectivity index (χ2v) is 8.69. The minimum atomic E-state index is -3.80. The van der Waals surface area contributed by atoms with Crippen LogP contribution in [-0.2, 0) is 10.0 Å². The first-order valence-electron chi connectivity index (χ1n) is 9.42. The Balaban J connectivity index is 1.77. The number of benzene rings is 3. The van der Waals surface area contributed by atoms with Gasteiger partial charge >= 0.3 is 0 Å². The highest BCUT2D eigenvalue weighted by molar-refractivity contribution is 7.89. The van der Waals surface area contributed by atoms with E-state index >= 15 is 0 Å². The summed E-state index contributed by atoms with van der Waals surface area (Å²) in [6.45, 7) is 0. The number of hydrazone groups is 1. The van der Waals surface area contributed by atoms with E-state index < -0.39 is 10.0 Å². The van der Waals surface area contributed by atoms with Gasteiger partial charge in [0, 0.05) is 6.42 Å². The number of methoxy groups -OCH3 is 1. The maximum atomic E-state index is 11.6. The van der Waals surface area contributed by atoms with E-state index in [9.17, 15) is 18.6 Å². The molecular formula is C22H21N3O5S. The standard InChI is InChI=1S/C22H21N3O5S/c1-30-22-12-15(4-11-21(22)27)20-13-19(14-2-7-17(26)8-3-14)24-25(20)16-5-9-18(10-6-16)31(23,28)29/h2-12,20,26-27H,13H2,1H3,(H2,23,28,29). The summed E-state index contributed by atoms with van der Waals surface area (Å²) in [4.78, 5) is 0.0148. The van der Waals surface area contributed by atoms with Gasteiger partial charge in [-0.05, 0) is 71.8 Å². The first kappa shape index (κ1) is 20.7. The fourth-order valence-electron chi connectivity index (χ4n) is 3.53. The van der Waals surface area contributed by atoms with Gasteiger partial charge in [0.05, 0.1) is 29.4 Å². The number of phenols is 2. The molecule has 1 aliphatic heterocycles. The molecular weight excluding hydrogens is 418 g/mol. The number of anilines is 1. The summed E-state index contributed by atoms with van der Waals surface area (Å²) < 4.78 is 28.4. The number of sulfonamides is 1. The third-order valence-corrected chi connectivity index (χ3v) is 6.06. The summed E-state index contributed by atoms with van der Waals surface area (Å²) in [6, 6.07) is 17.8. The molecule has 0 aromatic heterocycles. The van der Waals surface area contributed by atoms with Gasteiger partial charge in [0.2, 0.25) is 10.0 Å². The van der Waals surface area contributed by atoms with Gasteiger partial charge in [-0.1, -0.05) is 6.07 Å². The molecule has 0 saturated heterocycles. The molecule has 4 N–H and O–H groups in total. The summed E-state index contributed by atoms with van der Waals surface area (Å²) in [5.74, 6) is 0.547. The first-order valence-corrected chi connectivity index (χ1v) is 11.0. The molecule has 1 heterocycles. The Morgan fingerprint density at radius 1 is 1.03 bits per heavy atom. The van der Waals surface area contributed by atoms with E-state index in [0.29, 0.717) is 17.9 Å². The number of nitrogens with two attached hydrogens (primary N) is 1. The van der Waals surface area contributed by atoms with Crippen molar-refractivity contribution in [2.75, 3.05) is 12.1 Å². The lowest BCUT2D eigenvalue weighted by Gasteiger charge is -2.24. The van der Waals surface area contributed by atoms with Gasteiger partial charge in [-0.25, -0.2) is 13.6 Å². The number of ether oxygens (including phenoxy) is 1. The Kier molecular flexibility index (Phi) is 5.30. The smallest absolute Gasteiger partial charge is 0.238 e. The van der Waals surface area contributed by atoms with Crippen molar-refractivity contribution < 1.29 is 23.4 Å². The quantitative estimate of drug-likeness (QED) is 0.561. The van der Waals surface area contributed by atoms with Crippen molar-refractivity contribution in [3.05, 3.63) is 77.9 Å². The predicted octanol–water partition coefficient (Wildman–Crippen LogP) is 3.11. The minimum absolute atomic E-state index is 0.0148. The molecule has 3 aromatic rings. The van der Waals surface area contributed by atoms with E-state index in [1.165, 1.54) is 19.2 Å². The lowest BCUT2D eigenvalue weighted by atomic mass is 9.97. The zero-order valence-corrected chi connectivity index (χ0v) is 17.5. The van der Waals surface area contributed by atoms with Crippen LogP contribution in [0.15, 0.2) is 76.7 Å². The van der Waals surface area contributed by atoms with E-state index in [1.807, 2.05) is 0 Å². The summed E-state index contributed by atoms with van der Waals surface area (Å²) >= 11 is 0. The highest BCUT2D eigenvalue weighted by Crippen LogP contribution is 2.39. The maximum absolute atomic E-state index is 11.6. The monoisotopic (exact) mass is 439 g/mol. The summed E-state index contributed by atoms with van der Waals surface area (Å²) in [6.07, 6.45) is 0.551. The van der Waals surface area contributed by atoms with Crippen molar-refractivity contribution in [2.45, 2.75) is 17.4 Å². The number of primary sulfonamides is 1. The molecule has 1 atom stereocenters. The second kappa shape index (κ2) is 7.93. The van der Waals surface area contributed by atoms with Crippen LogP contribution >= 0.6 is 0 Å². The average Bonchev–Trinajstić information content (AvgIpc) is 3.19. The Labute approximate surface area is 179 Å². The van der Waals surface area contributed by atoms with Crippen LogP contribution in [0.5, 0.6) is 17.2 Å². The lowest BCUT2D eigenvalue weighted by molar-refractivity contribution is 0.372. The summed E-state index contributed by atoms with van der Waals surface area (Å²) in [5, 5.41) is 31.3. The van der Waals surface area contributed by atoms with Gasteiger partial charge in [0.1, 0.15) is 5.75 Å². The summed E-state index contributed by atoms with van der Waals surface area (Å²) in [7, 11) is -2.32. The molecule has 8 nitrogen and oxygen atoms in total.